The van der Waals surface area contributed by atoms with Gasteiger partial charge in [-0.25, -0.2) is 0 Å². The van der Waals surface area contributed by atoms with Crippen LogP contribution in [-0.2, 0) is 0 Å². The molecule has 1 nitrogen and oxygen atoms in total. The molecule has 2 aromatic rings. The summed E-state index contributed by atoms with van der Waals surface area (Å²) in [5, 5.41) is 1.90. The van der Waals surface area contributed by atoms with Crippen LogP contribution in [0.1, 0.15) is 15.2 Å². The number of rotatable bonds is 2. The lowest BCUT2D eigenvalue weighted by molar-refractivity contribution is 0.104. The van der Waals surface area contributed by atoms with E-state index in [0.717, 1.165) is 17.4 Å². The molecular weight excluding hydrogens is 467 g/mol. The van der Waals surface area contributed by atoms with Crippen LogP contribution in [0.3, 0.4) is 0 Å². The van der Waals surface area contributed by atoms with Crippen LogP contribution >= 0.6 is 65.8 Å². The average molecular weight is 472 g/mol. The molecule has 0 radical (unpaired) electrons. The Morgan fingerprint density at radius 3 is 2.56 bits per heavy atom. The number of carbonyl (C=O) groups excluding carboxylic acids is 1. The summed E-state index contributed by atoms with van der Waals surface area (Å²) < 4.78 is 2.74. The van der Waals surface area contributed by atoms with E-state index in [1.165, 1.54) is 11.3 Å². The summed E-state index contributed by atoms with van der Waals surface area (Å²) in [6.45, 7) is 0. The Hall–Kier alpha value is 0.280. The topological polar surface area (TPSA) is 17.1 Å². The molecule has 0 atom stereocenters. The fourth-order valence-corrected chi connectivity index (χ4v) is 3.67. The number of thiophene rings is 1. The zero-order valence-electron chi connectivity index (χ0n) is 7.84. The minimum atomic E-state index is 0.0484. The van der Waals surface area contributed by atoms with Crippen molar-refractivity contribution in [2.45, 2.75) is 0 Å². The van der Waals surface area contributed by atoms with E-state index in [1.54, 1.807) is 0 Å². The van der Waals surface area contributed by atoms with Gasteiger partial charge in [0.2, 0.25) is 5.78 Å². The number of ketones is 1. The fourth-order valence-electron chi connectivity index (χ4n) is 1.25. The zero-order valence-corrected chi connectivity index (χ0v) is 14.0. The quantitative estimate of drug-likeness (QED) is 0.439. The molecule has 0 saturated heterocycles. The van der Waals surface area contributed by atoms with Gasteiger partial charge < -0.3 is 0 Å². The predicted octanol–water partition coefficient (Wildman–Crippen LogP) is 5.11. The van der Waals surface area contributed by atoms with Crippen molar-refractivity contribution in [3.8, 4) is 0 Å². The Morgan fingerprint density at radius 1 is 1.19 bits per heavy atom. The molecule has 0 bridgehead atoms. The van der Waals surface area contributed by atoms with E-state index >= 15 is 0 Å². The summed E-state index contributed by atoms with van der Waals surface area (Å²) in [5.74, 6) is 0.0484. The molecule has 0 N–H and O–H groups in total. The third-order valence-corrected chi connectivity index (χ3v) is 5.20. The van der Waals surface area contributed by atoms with Crippen molar-refractivity contribution in [1.82, 2.24) is 0 Å². The maximum atomic E-state index is 12.2. The lowest BCUT2D eigenvalue weighted by Crippen LogP contribution is -2.01. The van der Waals surface area contributed by atoms with Crippen molar-refractivity contribution in [2.24, 2.45) is 0 Å². The first-order chi connectivity index (χ1) is 7.59. The number of benzene rings is 1. The van der Waals surface area contributed by atoms with Crippen molar-refractivity contribution in [1.29, 1.82) is 0 Å². The Labute approximate surface area is 128 Å². The average Bonchev–Trinajstić information content (AvgIpc) is 2.67. The third-order valence-electron chi connectivity index (χ3n) is 2.00. The summed E-state index contributed by atoms with van der Waals surface area (Å²) in [7, 11) is 0. The van der Waals surface area contributed by atoms with Gasteiger partial charge in [0.25, 0.3) is 0 Å². The van der Waals surface area contributed by atoms with Crippen molar-refractivity contribution in [3.63, 3.8) is 0 Å². The zero-order chi connectivity index (χ0) is 11.7. The second kappa shape index (κ2) is 5.29. The summed E-state index contributed by atoms with van der Waals surface area (Å²) in [6, 6.07) is 7.64. The van der Waals surface area contributed by atoms with Crippen LogP contribution in [0.2, 0.25) is 0 Å². The molecule has 16 heavy (non-hydrogen) atoms. The molecule has 5 heteroatoms. The number of carbonyl (C=O) groups is 1. The molecule has 0 aliphatic rings. The van der Waals surface area contributed by atoms with E-state index in [2.05, 4.69) is 54.5 Å². The normalized spacial score (nSPS) is 10.4. The monoisotopic (exact) mass is 470 g/mol. The van der Waals surface area contributed by atoms with E-state index in [4.69, 9.17) is 0 Å². The Balaban J connectivity index is 2.49. The molecule has 82 valence electrons. The van der Waals surface area contributed by atoms with Gasteiger partial charge in [-0.15, -0.1) is 11.3 Å². The molecule has 1 heterocycles. The van der Waals surface area contributed by atoms with Crippen LogP contribution in [0.4, 0.5) is 0 Å². The lowest BCUT2D eigenvalue weighted by atomic mass is 10.1. The van der Waals surface area contributed by atoms with E-state index in [9.17, 15) is 4.79 Å². The van der Waals surface area contributed by atoms with Crippen LogP contribution in [0.5, 0.6) is 0 Å². The molecule has 0 aliphatic carbocycles. The molecule has 0 spiro atoms. The summed E-state index contributed by atoms with van der Waals surface area (Å²) in [6.07, 6.45) is 0. The van der Waals surface area contributed by atoms with Crippen LogP contribution in [0, 0.1) is 3.57 Å². The SMILES string of the molecule is O=C(c1cc(I)ccc1Br)c1sccc1Br. The highest BCUT2D eigenvalue weighted by atomic mass is 127. The van der Waals surface area contributed by atoms with Crippen molar-refractivity contribution in [3.05, 3.63) is 52.6 Å². The first kappa shape index (κ1) is 12.7. The molecule has 0 amide bonds. The molecule has 1 aromatic carbocycles. The summed E-state index contributed by atoms with van der Waals surface area (Å²) in [5.41, 5.74) is 0.704. The van der Waals surface area contributed by atoms with Gasteiger partial charge in [0, 0.05) is 18.1 Å². The number of hydrogen-bond acceptors (Lipinski definition) is 2. The third kappa shape index (κ3) is 2.57. The van der Waals surface area contributed by atoms with E-state index in [0.29, 0.717) is 5.56 Å². The first-order valence-corrected chi connectivity index (χ1v) is 7.87. The van der Waals surface area contributed by atoms with Crippen LogP contribution in [0.15, 0.2) is 38.6 Å². The van der Waals surface area contributed by atoms with Crippen molar-refractivity contribution < 1.29 is 4.79 Å². The highest BCUT2D eigenvalue weighted by Gasteiger charge is 2.16. The first-order valence-electron chi connectivity index (χ1n) is 4.32. The predicted molar refractivity (Wildman–Crippen MR) is 82.3 cm³/mol. The molecule has 0 unspecified atom stereocenters. The molecule has 0 fully saturated rings. The van der Waals surface area contributed by atoms with E-state index < -0.39 is 0 Å². The number of halogens is 3. The van der Waals surface area contributed by atoms with E-state index in [1.807, 2.05) is 29.6 Å². The standard InChI is InChI=1S/C11H5Br2IOS/c12-8-2-1-6(14)5-7(8)10(15)11-9(13)3-4-16-11/h1-5H. The Morgan fingerprint density at radius 2 is 1.94 bits per heavy atom. The van der Waals surface area contributed by atoms with Gasteiger partial charge in [0.05, 0.1) is 4.88 Å². The maximum Gasteiger partial charge on any atom is 0.205 e. The second-order valence-corrected chi connectivity index (χ2v) is 6.92. The maximum absolute atomic E-state index is 12.2. The minimum absolute atomic E-state index is 0.0484. The van der Waals surface area contributed by atoms with Crippen molar-refractivity contribution >= 4 is 71.6 Å². The molecule has 0 aliphatic heterocycles. The fraction of sp³-hybridized carbons (Fsp3) is 0. The van der Waals surface area contributed by atoms with Crippen LogP contribution in [0.25, 0.3) is 0 Å². The summed E-state index contributed by atoms with van der Waals surface area (Å²) >= 11 is 10.4. The Kier molecular flexibility index (Phi) is 4.21. The second-order valence-electron chi connectivity index (χ2n) is 3.05. The van der Waals surface area contributed by atoms with Crippen LogP contribution in [-0.4, -0.2) is 5.78 Å². The van der Waals surface area contributed by atoms with Gasteiger partial charge in [-0.1, -0.05) is 15.9 Å². The van der Waals surface area contributed by atoms with Gasteiger partial charge in [-0.2, -0.15) is 0 Å². The molecule has 1 aromatic heterocycles. The van der Waals surface area contributed by atoms with Crippen molar-refractivity contribution in [2.75, 3.05) is 0 Å². The molecule has 0 saturated carbocycles. The van der Waals surface area contributed by atoms with Gasteiger partial charge in [-0.3, -0.25) is 4.79 Å². The largest absolute Gasteiger partial charge is 0.288 e. The minimum Gasteiger partial charge on any atom is -0.288 e. The molecule has 2 rings (SSSR count). The van der Waals surface area contributed by atoms with Gasteiger partial charge in [-0.05, 0) is 68.2 Å². The van der Waals surface area contributed by atoms with Gasteiger partial charge in [0.1, 0.15) is 0 Å². The highest BCUT2D eigenvalue weighted by molar-refractivity contribution is 14.1. The Bertz CT molecular complexity index is 551. The van der Waals surface area contributed by atoms with Gasteiger partial charge >= 0.3 is 0 Å². The van der Waals surface area contributed by atoms with E-state index in [-0.39, 0.29) is 5.78 Å². The van der Waals surface area contributed by atoms with Gasteiger partial charge in [0.15, 0.2) is 0 Å². The number of hydrogen-bond donors (Lipinski definition) is 0. The lowest BCUT2D eigenvalue weighted by Gasteiger charge is -2.03. The smallest absolute Gasteiger partial charge is 0.205 e. The summed E-state index contributed by atoms with van der Waals surface area (Å²) in [4.78, 5) is 13.0. The molecular formula is C11H5Br2IOS. The van der Waals surface area contributed by atoms with Crippen LogP contribution < -0.4 is 0 Å². The highest BCUT2D eigenvalue weighted by Crippen LogP contribution is 2.29.